The van der Waals surface area contributed by atoms with Crippen molar-refractivity contribution < 1.29 is 0 Å². The van der Waals surface area contributed by atoms with Crippen molar-refractivity contribution in [3.8, 4) is 0 Å². The zero-order valence-electron chi connectivity index (χ0n) is 24.3. The molecule has 4 heteroatoms. The van der Waals surface area contributed by atoms with E-state index in [9.17, 15) is 0 Å². The van der Waals surface area contributed by atoms with Gasteiger partial charge in [0.15, 0.2) is 0 Å². The highest BCUT2D eigenvalue weighted by molar-refractivity contribution is 4.75. The summed E-state index contributed by atoms with van der Waals surface area (Å²) in [5, 5.41) is 0. The van der Waals surface area contributed by atoms with E-state index in [0.717, 1.165) is 30.0 Å². The molecule has 3 aliphatic heterocycles. The molecule has 0 aromatic heterocycles. The van der Waals surface area contributed by atoms with Gasteiger partial charge in [0.1, 0.15) is 0 Å². The predicted octanol–water partition coefficient (Wildman–Crippen LogP) is 6.07. The molecule has 33 heavy (non-hydrogen) atoms. The van der Waals surface area contributed by atoms with Gasteiger partial charge >= 0.3 is 0 Å². The van der Waals surface area contributed by atoms with Crippen LogP contribution >= 0.6 is 0 Å². The van der Waals surface area contributed by atoms with Crippen LogP contribution in [0, 0.1) is 11.8 Å². The molecule has 0 aliphatic carbocycles. The zero-order valence-corrected chi connectivity index (χ0v) is 24.3. The van der Waals surface area contributed by atoms with Crippen LogP contribution in [0.2, 0.25) is 0 Å². The van der Waals surface area contributed by atoms with Crippen LogP contribution in [-0.4, -0.2) is 96.6 Å². The van der Waals surface area contributed by atoms with Crippen LogP contribution in [0.1, 0.15) is 101 Å². The first-order chi connectivity index (χ1) is 15.7. The number of piperidine rings is 2. The van der Waals surface area contributed by atoms with Gasteiger partial charge in [-0.05, 0) is 105 Å². The highest BCUT2D eigenvalue weighted by Crippen LogP contribution is 2.21. The van der Waals surface area contributed by atoms with Crippen LogP contribution in [0.4, 0.5) is 0 Å². The van der Waals surface area contributed by atoms with Gasteiger partial charge in [-0.3, -0.25) is 4.90 Å². The maximum absolute atomic E-state index is 2.61. The molecule has 0 amide bonds. The van der Waals surface area contributed by atoms with E-state index in [1.54, 1.807) is 0 Å². The third-order valence-corrected chi connectivity index (χ3v) is 8.40. The molecule has 0 spiro atoms. The molecule has 1 unspecified atom stereocenters. The van der Waals surface area contributed by atoms with E-state index < -0.39 is 0 Å². The fourth-order valence-corrected chi connectivity index (χ4v) is 5.37. The Labute approximate surface area is 209 Å². The Kier molecular flexibility index (Phi) is 16.2. The van der Waals surface area contributed by atoms with Crippen LogP contribution in [-0.2, 0) is 0 Å². The molecule has 1 atom stereocenters. The molecule has 4 nitrogen and oxygen atoms in total. The van der Waals surface area contributed by atoms with Gasteiger partial charge in [-0.25, -0.2) is 0 Å². The molecular weight excluding hydrogens is 404 g/mol. The standard InChI is InChI=1S/2C10H21N.C9H20N2/c1-4-10-5-7-11(8-6-10)9(2)3;1-4-10-6-5-7-11(8-10)9(2)3;1-4-10-5-7-11(8-6-10)9(2)3/h2*9-10H,4-8H2,1-3H3;9H,4-8H2,1-3H3. The predicted molar refractivity (Wildman–Crippen MR) is 148 cm³/mol. The van der Waals surface area contributed by atoms with E-state index in [2.05, 4.69) is 81.9 Å². The third-order valence-electron chi connectivity index (χ3n) is 8.40. The first-order valence-corrected chi connectivity index (χ1v) is 14.7. The Morgan fingerprint density at radius 3 is 1.45 bits per heavy atom. The minimum Gasteiger partial charge on any atom is -0.301 e. The average Bonchev–Trinajstić information content (AvgIpc) is 2.84. The van der Waals surface area contributed by atoms with Crippen molar-refractivity contribution in [3.63, 3.8) is 0 Å². The van der Waals surface area contributed by atoms with Gasteiger partial charge in [-0.15, -0.1) is 0 Å². The molecule has 0 bridgehead atoms. The second-order valence-corrected chi connectivity index (χ2v) is 11.6. The first-order valence-electron chi connectivity index (χ1n) is 14.7. The Hall–Kier alpha value is -0.160. The highest BCUT2D eigenvalue weighted by Gasteiger charge is 2.20. The van der Waals surface area contributed by atoms with E-state index >= 15 is 0 Å². The van der Waals surface area contributed by atoms with E-state index in [1.807, 2.05) is 0 Å². The van der Waals surface area contributed by atoms with E-state index in [-0.39, 0.29) is 0 Å². The smallest absolute Gasteiger partial charge is 0.0113 e. The molecule has 0 saturated carbocycles. The summed E-state index contributed by atoms with van der Waals surface area (Å²) in [5.41, 5.74) is 0. The molecule has 3 rings (SSSR count). The van der Waals surface area contributed by atoms with Crippen molar-refractivity contribution in [1.82, 2.24) is 19.6 Å². The molecule has 0 radical (unpaired) electrons. The van der Waals surface area contributed by atoms with Gasteiger partial charge in [0.2, 0.25) is 0 Å². The summed E-state index contributed by atoms with van der Waals surface area (Å²) in [5.74, 6) is 2.00. The lowest BCUT2D eigenvalue weighted by Gasteiger charge is -2.36. The second kappa shape index (κ2) is 17.3. The number of rotatable bonds is 6. The monoisotopic (exact) mass is 466 g/mol. The number of hydrogen-bond acceptors (Lipinski definition) is 4. The van der Waals surface area contributed by atoms with Gasteiger partial charge in [0.25, 0.3) is 0 Å². The summed E-state index contributed by atoms with van der Waals surface area (Å²) >= 11 is 0. The number of piperazine rings is 1. The Morgan fingerprint density at radius 1 is 0.545 bits per heavy atom. The molecule has 3 saturated heterocycles. The lowest BCUT2D eigenvalue weighted by molar-refractivity contribution is 0.112. The molecule has 3 heterocycles. The van der Waals surface area contributed by atoms with Gasteiger partial charge in [-0.2, -0.15) is 0 Å². The molecule has 198 valence electrons. The summed E-state index contributed by atoms with van der Waals surface area (Å²) in [6, 6.07) is 2.24. The van der Waals surface area contributed by atoms with Crippen molar-refractivity contribution >= 4 is 0 Å². The zero-order chi connectivity index (χ0) is 24.8. The van der Waals surface area contributed by atoms with Gasteiger partial charge in [0.05, 0.1) is 0 Å². The van der Waals surface area contributed by atoms with Crippen LogP contribution in [0.15, 0.2) is 0 Å². The second-order valence-electron chi connectivity index (χ2n) is 11.6. The fourth-order valence-electron chi connectivity index (χ4n) is 5.37. The SMILES string of the molecule is CCC1CCCN(C(C)C)C1.CCC1CCN(C(C)C)CC1.CCN1CCN(C(C)C)CC1. The summed E-state index contributed by atoms with van der Waals surface area (Å²) in [6.07, 6.45) is 8.47. The number of likely N-dealkylation sites (N-methyl/N-ethyl adjacent to an activating group) is 1. The molecule has 0 aromatic rings. The summed E-state index contributed by atoms with van der Waals surface area (Å²) in [7, 11) is 0. The highest BCUT2D eigenvalue weighted by atomic mass is 15.3. The van der Waals surface area contributed by atoms with Gasteiger partial charge in [0, 0.05) is 50.8 Å². The van der Waals surface area contributed by atoms with E-state index in [1.165, 1.54) is 97.4 Å². The van der Waals surface area contributed by atoms with Crippen LogP contribution < -0.4 is 0 Å². The lowest BCUT2D eigenvalue weighted by atomic mass is 9.94. The lowest BCUT2D eigenvalue weighted by Crippen LogP contribution is -2.48. The average molecular weight is 467 g/mol. The van der Waals surface area contributed by atoms with E-state index in [0.29, 0.717) is 0 Å². The minimum atomic E-state index is 0.731. The molecule has 3 aliphatic rings. The van der Waals surface area contributed by atoms with Gasteiger partial charge in [-0.1, -0.05) is 33.6 Å². The molecule has 3 fully saturated rings. The quantitative estimate of drug-likeness (QED) is 0.471. The number of likely N-dealkylation sites (tertiary alicyclic amines) is 2. The number of hydrogen-bond donors (Lipinski definition) is 0. The largest absolute Gasteiger partial charge is 0.301 e. The molecule has 0 aromatic carbocycles. The van der Waals surface area contributed by atoms with Crippen molar-refractivity contribution in [2.45, 2.75) is 119 Å². The van der Waals surface area contributed by atoms with Crippen molar-refractivity contribution in [1.29, 1.82) is 0 Å². The van der Waals surface area contributed by atoms with Crippen LogP contribution in [0.5, 0.6) is 0 Å². The van der Waals surface area contributed by atoms with Crippen LogP contribution in [0.3, 0.4) is 0 Å². The maximum Gasteiger partial charge on any atom is 0.0113 e. The van der Waals surface area contributed by atoms with Crippen LogP contribution in [0.25, 0.3) is 0 Å². The normalized spacial score (nSPS) is 24.5. The number of nitrogens with zero attached hydrogens (tertiary/aromatic N) is 4. The minimum absolute atomic E-state index is 0.731. The Bertz CT molecular complexity index is 421. The maximum atomic E-state index is 2.61. The summed E-state index contributed by atoms with van der Waals surface area (Å²) < 4.78 is 0. The first kappa shape index (κ1) is 30.9. The van der Waals surface area contributed by atoms with Crippen molar-refractivity contribution in [2.75, 3.05) is 58.9 Å². The Morgan fingerprint density at radius 2 is 1.03 bits per heavy atom. The van der Waals surface area contributed by atoms with E-state index in [4.69, 9.17) is 0 Å². The topological polar surface area (TPSA) is 13.0 Å². The van der Waals surface area contributed by atoms with Crippen molar-refractivity contribution in [3.05, 3.63) is 0 Å². The summed E-state index contributed by atoms with van der Waals surface area (Å²) in [4.78, 5) is 10.3. The summed E-state index contributed by atoms with van der Waals surface area (Å²) in [6.45, 7) is 32.2. The molecule has 0 N–H and O–H groups in total. The van der Waals surface area contributed by atoms with Gasteiger partial charge < -0.3 is 14.7 Å². The molecular formula is C29H62N4. The van der Waals surface area contributed by atoms with Crippen molar-refractivity contribution in [2.24, 2.45) is 11.8 Å². The third kappa shape index (κ3) is 12.4. The Balaban J connectivity index is 0.000000247. The fraction of sp³-hybridized carbons (Fsp3) is 1.00.